The first-order valence-electron chi connectivity index (χ1n) is 9.16. The third-order valence-corrected chi connectivity index (χ3v) is 4.16. The quantitative estimate of drug-likeness (QED) is 0.587. The summed E-state index contributed by atoms with van der Waals surface area (Å²) in [5.74, 6) is 0.877. The normalized spacial score (nSPS) is 11.2. The van der Waals surface area contributed by atoms with Crippen LogP contribution in [0.5, 0.6) is 11.5 Å². The van der Waals surface area contributed by atoms with Crippen LogP contribution in [0.3, 0.4) is 0 Å². The lowest BCUT2D eigenvalue weighted by Crippen LogP contribution is -2.45. The predicted octanol–water partition coefficient (Wildman–Crippen LogP) is 4.38. The highest BCUT2D eigenvalue weighted by Crippen LogP contribution is 2.22. The number of carbonyl (C=O) groups excluding carboxylic acids is 2. The Morgan fingerprint density at radius 2 is 1.41 bits per heavy atom. The zero-order valence-corrected chi connectivity index (χ0v) is 16.0. The maximum Gasteiger partial charge on any atom is 0.328 e. The van der Waals surface area contributed by atoms with Crippen LogP contribution in [0.25, 0.3) is 0 Å². The van der Waals surface area contributed by atoms with Crippen molar-refractivity contribution in [2.75, 3.05) is 12.4 Å². The molecule has 0 aliphatic carbocycles. The number of amides is 2. The van der Waals surface area contributed by atoms with Gasteiger partial charge in [0.15, 0.2) is 0 Å². The molecule has 3 rings (SSSR count). The lowest BCUT2D eigenvalue weighted by atomic mass is 10.1. The molecule has 0 unspecified atom stereocenters. The lowest BCUT2D eigenvalue weighted by molar-refractivity contribution is -0.142. The molecule has 0 aromatic heterocycles. The van der Waals surface area contributed by atoms with Gasteiger partial charge in [-0.25, -0.2) is 9.59 Å². The number of hydrogen-bond donors (Lipinski definition) is 2. The minimum absolute atomic E-state index is 0.338. The molecule has 0 radical (unpaired) electrons. The Hall–Kier alpha value is -3.80. The molecule has 3 aromatic rings. The SMILES string of the molecule is COC(=O)[C@@H](Cc1ccccc1)NC(=O)Nc1ccc(Oc2ccccc2)cc1. The van der Waals surface area contributed by atoms with E-state index in [0.717, 1.165) is 11.3 Å². The highest BCUT2D eigenvalue weighted by molar-refractivity contribution is 5.92. The number of para-hydroxylation sites is 1. The second kappa shape index (κ2) is 9.94. The number of anilines is 1. The third-order valence-electron chi connectivity index (χ3n) is 4.16. The van der Waals surface area contributed by atoms with Crippen LogP contribution in [-0.2, 0) is 16.0 Å². The molecule has 2 N–H and O–H groups in total. The van der Waals surface area contributed by atoms with E-state index in [2.05, 4.69) is 10.6 Å². The van der Waals surface area contributed by atoms with E-state index in [1.165, 1.54) is 7.11 Å². The van der Waals surface area contributed by atoms with Crippen LogP contribution >= 0.6 is 0 Å². The number of carbonyl (C=O) groups is 2. The van der Waals surface area contributed by atoms with Crippen molar-refractivity contribution < 1.29 is 19.1 Å². The number of hydrogen-bond acceptors (Lipinski definition) is 4. The Balaban J connectivity index is 1.58. The fraction of sp³-hybridized carbons (Fsp3) is 0.130. The maximum atomic E-state index is 12.3. The molecule has 0 bridgehead atoms. The van der Waals surface area contributed by atoms with Gasteiger partial charge in [-0.1, -0.05) is 48.5 Å². The molecular formula is C23H22N2O4. The lowest BCUT2D eigenvalue weighted by Gasteiger charge is -2.17. The van der Waals surface area contributed by atoms with Crippen LogP contribution in [0.2, 0.25) is 0 Å². The van der Waals surface area contributed by atoms with Gasteiger partial charge in [-0.3, -0.25) is 0 Å². The summed E-state index contributed by atoms with van der Waals surface area (Å²) in [4.78, 5) is 24.4. The summed E-state index contributed by atoms with van der Waals surface area (Å²) in [6.45, 7) is 0. The largest absolute Gasteiger partial charge is 0.467 e. The number of methoxy groups -OCH3 is 1. The van der Waals surface area contributed by atoms with Gasteiger partial charge in [-0.2, -0.15) is 0 Å². The van der Waals surface area contributed by atoms with Crippen LogP contribution in [0.1, 0.15) is 5.56 Å². The van der Waals surface area contributed by atoms with E-state index in [0.29, 0.717) is 17.9 Å². The van der Waals surface area contributed by atoms with E-state index in [9.17, 15) is 9.59 Å². The van der Waals surface area contributed by atoms with E-state index in [-0.39, 0.29) is 0 Å². The first kappa shape index (κ1) is 19.9. The summed E-state index contributed by atoms with van der Waals surface area (Å²) in [6, 6.07) is 24.5. The smallest absolute Gasteiger partial charge is 0.328 e. The number of urea groups is 1. The minimum Gasteiger partial charge on any atom is -0.467 e. The van der Waals surface area contributed by atoms with Gasteiger partial charge in [0.1, 0.15) is 17.5 Å². The molecule has 2 amide bonds. The number of nitrogens with one attached hydrogen (secondary N) is 2. The summed E-state index contributed by atoms with van der Waals surface area (Å²) in [7, 11) is 1.30. The second-order valence-corrected chi connectivity index (χ2v) is 6.30. The van der Waals surface area contributed by atoms with Crippen molar-refractivity contribution in [3.05, 3.63) is 90.5 Å². The van der Waals surface area contributed by atoms with E-state index >= 15 is 0 Å². The monoisotopic (exact) mass is 390 g/mol. The highest BCUT2D eigenvalue weighted by Gasteiger charge is 2.22. The van der Waals surface area contributed by atoms with Gasteiger partial charge in [0.2, 0.25) is 0 Å². The zero-order valence-electron chi connectivity index (χ0n) is 16.0. The molecule has 0 saturated heterocycles. The molecule has 1 atom stereocenters. The van der Waals surface area contributed by atoms with Gasteiger partial charge in [-0.05, 0) is 42.0 Å². The Bertz CT molecular complexity index is 928. The van der Waals surface area contributed by atoms with Crippen molar-refractivity contribution in [3.8, 4) is 11.5 Å². The third kappa shape index (κ3) is 6.10. The molecule has 6 nitrogen and oxygen atoms in total. The topological polar surface area (TPSA) is 76.7 Å². The van der Waals surface area contributed by atoms with Gasteiger partial charge in [-0.15, -0.1) is 0 Å². The van der Waals surface area contributed by atoms with Crippen molar-refractivity contribution in [3.63, 3.8) is 0 Å². The molecule has 0 spiro atoms. The fourth-order valence-corrected chi connectivity index (χ4v) is 2.74. The molecule has 0 aliphatic heterocycles. The number of benzene rings is 3. The number of esters is 1. The molecule has 3 aromatic carbocycles. The zero-order chi connectivity index (χ0) is 20.5. The van der Waals surface area contributed by atoms with Gasteiger partial charge in [0, 0.05) is 12.1 Å². The van der Waals surface area contributed by atoms with Crippen LogP contribution in [0, 0.1) is 0 Å². The number of rotatable bonds is 7. The Kier molecular flexibility index (Phi) is 6.84. The first-order chi connectivity index (χ1) is 14.1. The Morgan fingerprint density at radius 3 is 2.03 bits per heavy atom. The van der Waals surface area contributed by atoms with Crippen molar-refractivity contribution >= 4 is 17.7 Å². The van der Waals surface area contributed by atoms with E-state index in [1.54, 1.807) is 24.3 Å². The van der Waals surface area contributed by atoms with Gasteiger partial charge in [0.05, 0.1) is 7.11 Å². The minimum atomic E-state index is -0.789. The average molecular weight is 390 g/mol. The summed E-state index contributed by atoms with van der Waals surface area (Å²) in [5.41, 5.74) is 1.50. The average Bonchev–Trinajstić information content (AvgIpc) is 2.75. The van der Waals surface area contributed by atoms with E-state index in [1.807, 2.05) is 60.7 Å². The molecular weight excluding hydrogens is 368 g/mol. The van der Waals surface area contributed by atoms with Crippen molar-refractivity contribution in [1.29, 1.82) is 0 Å². The molecule has 0 heterocycles. The fourth-order valence-electron chi connectivity index (χ4n) is 2.74. The van der Waals surface area contributed by atoms with Gasteiger partial charge >= 0.3 is 12.0 Å². The van der Waals surface area contributed by atoms with Crippen molar-refractivity contribution in [1.82, 2.24) is 5.32 Å². The maximum absolute atomic E-state index is 12.3. The van der Waals surface area contributed by atoms with E-state index in [4.69, 9.17) is 9.47 Å². The van der Waals surface area contributed by atoms with Crippen LogP contribution in [-0.4, -0.2) is 25.2 Å². The summed E-state index contributed by atoms with van der Waals surface area (Å²) in [5, 5.41) is 5.38. The standard InChI is InChI=1S/C23H22N2O4/c1-28-22(26)21(16-17-8-4-2-5-9-17)25-23(27)24-18-12-14-20(15-13-18)29-19-10-6-3-7-11-19/h2-15,21H,16H2,1H3,(H2,24,25,27)/t21-/m1/s1. The van der Waals surface area contributed by atoms with Gasteiger partial charge in [0.25, 0.3) is 0 Å². The van der Waals surface area contributed by atoms with Gasteiger partial charge < -0.3 is 20.1 Å². The predicted molar refractivity (Wildman–Crippen MR) is 111 cm³/mol. The molecule has 6 heteroatoms. The van der Waals surface area contributed by atoms with Crippen molar-refractivity contribution in [2.24, 2.45) is 0 Å². The van der Waals surface area contributed by atoms with Crippen LogP contribution in [0.15, 0.2) is 84.9 Å². The molecule has 148 valence electrons. The Morgan fingerprint density at radius 1 is 0.828 bits per heavy atom. The second-order valence-electron chi connectivity index (χ2n) is 6.30. The van der Waals surface area contributed by atoms with Crippen molar-refractivity contribution in [2.45, 2.75) is 12.5 Å². The summed E-state index contributed by atoms with van der Waals surface area (Å²) < 4.78 is 10.5. The molecule has 0 aliphatic rings. The summed E-state index contributed by atoms with van der Waals surface area (Å²) >= 11 is 0. The first-order valence-corrected chi connectivity index (χ1v) is 9.16. The molecule has 0 saturated carbocycles. The summed E-state index contributed by atoms with van der Waals surface area (Å²) in [6.07, 6.45) is 0.338. The molecule has 0 fully saturated rings. The van der Waals surface area contributed by atoms with Crippen LogP contribution < -0.4 is 15.4 Å². The van der Waals surface area contributed by atoms with E-state index < -0.39 is 18.0 Å². The van der Waals surface area contributed by atoms with Crippen LogP contribution in [0.4, 0.5) is 10.5 Å². The highest BCUT2D eigenvalue weighted by atomic mass is 16.5. The number of ether oxygens (including phenoxy) is 2. The molecule has 29 heavy (non-hydrogen) atoms. The Labute approximate surface area is 169 Å².